The minimum atomic E-state index is 0.285. The molecule has 4 nitrogen and oxygen atoms in total. The highest BCUT2D eigenvalue weighted by molar-refractivity contribution is 7.20. The quantitative estimate of drug-likeness (QED) is 0.101. The number of phenolic OH excluding ortho intramolecular Hbond substituents is 2. The molecule has 9 rings (SSSR count). The SMILES string of the molecule is CCc1c(-c2ccc(O)cc2)sc(-c2ccc(N(c3ccc(-c4sc(-c5ccc(O)cc5)c(CC)c4CC)cc3)c3ccc(-c4sc(-c5ccc(OC)cc5)c(CC)c4CC)cc3)cc2)c1CC. The van der Waals surface area contributed by atoms with E-state index in [4.69, 9.17) is 4.74 Å². The summed E-state index contributed by atoms with van der Waals surface area (Å²) >= 11 is 5.61. The van der Waals surface area contributed by atoms with Crippen molar-refractivity contribution in [1.29, 1.82) is 0 Å². The summed E-state index contributed by atoms with van der Waals surface area (Å²) in [5.41, 5.74) is 18.9. The second-order valence-corrected chi connectivity index (χ2v) is 20.1. The van der Waals surface area contributed by atoms with E-state index in [0.717, 1.165) is 72.5 Å². The van der Waals surface area contributed by atoms with E-state index >= 15 is 0 Å². The highest BCUT2D eigenvalue weighted by Crippen LogP contribution is 2.48. The van der Waals surface area contributed by atoms with Crippen molar-refractivity contribution < 1.29 is 14.9 Å². The minimum absolute atomic E-state index is 0.285. The monoisotopic (exact) mass is 949 g/mol. The maximum Gasteiger partial charge on any atom is 0.118 e. The number of anilines is 3. The first-order valence-electron chi connectivity index (χ1n) is 24.0. The molecule has 0 saturated heterocycles. The number of phenols is 2. The molecule has 0 amide bonds. The number of hydrogen-bond acceptors (Lipinski definition) is 7. The summed E-state index contributed by atoms with van der Waals surface area (Å²) in [6, 6.07) is 51.2. The molecule has 9 aromatic rings. The van der Waals surface area contributed by atoms with Crippen molar-refractivity contribution in [3.8, 4) is 79.9 Å². The van der Waals surface area contributed by atoms with E-state index < -0.39 is 0 Å². The second kappa shape index (κ2) is 20.5. The molecule has 0 aliphatic carbocycles. The molecule has 0 aliphatic rings. The van der Waals surface area contributed by atoms with E-state index in [0.29, 0.717) is 0 Å². The van der Waals surface area contributed by atoms with E-state index in [1.165, 1.54) is 84.9 Å². The van der Waals surface area contributed by atoms with Crippen molar-refractivity contribution in [2.75, 3.05) is 12.0 Å². The smallest absolute Gasteiger partial charge is 0.118 e. The molecule has 68 heavy (non-hydrogen) atoms. The summed E-state index contributed by atoms with van der Waals surface area (Å²) in [6.45, 7) is 13.6. The van der Waals surface area contributed by atoms with Gasteiger partial charge in [0.25, 0.3) is 0 Å². The van der Waals surface area contributed by atoms with E-state index in [1.54, 1.807) is 31.4 Å². The molecule has 344 valence electrons. The predicted molar refractivity (Wildman–Crippen MR) is 294 cm³/mol. The van der Waals surface area contributed by atoms with Crippen molar-refractivity contribution >= 4 is 51.1 Å². The third-order valence-corrected chi connectivity index (χ3v) is 17.4. The molecule has 0 radical (unpaired) electrons. The molecular weight excluding hydrogens is 891 g/mol. The largest absolute Gasteiger partial charge is 0.508 e. The van der Waals surface area contributed by atoms with Crippen molar-refractivity contribution in [2.45, 2.75) is 80.1 Å². The van der Waals surface area contributed by atoms with Gasteiger partial charge in [-0.2, -0.15) is 0 Å². The number of nitrogens with zero attached hydrogens (tertiary/aromatic N) is 1. The van der Waals surface area contributed by atoms with Crippen LogP contribution in [0.1, 0.15) is 74.9 Å². The van der Waals surface area contributed by atoms with E-state index in [9.17, 15) is 10.2 Å². The van der Waals surface area contributed by atoms with Crippen LogP contribution in [0.15, 0.2) is 146 Å². The van der Waals surface area contributed by atoms with Crippen LogP contribution >= 0.6 is 34.0 Å². The van der Waals surface area contributed by atoms with Gasteiger partial charge in [0.2, 0.25) is 0 Å². The zero-order valence-electron chi connectivity index (χ0n) is 40.1. The Labute approximate surface area is 414 Å². The Morgan fingerprint density at radius 1 is 0.324 bits per heavy atom. The van der Waals surface area contributed by atoms with Crippen LogP contribution < -0.4 is 9.64 Å². The van der Waals surface area contributed by atoms with Crippen LogP contribution in [-0.2, 0) is 38.5 Å². The highest BCUT2D eigenvalue weighted by atomic mass is 32.1. The summed E-state index contributed by atoms with van der Waals surface area (Å²) in [5, 5.41) is 20.1. The highest BCUT2D eigenvalue weighted by Gasteiger charge is 2.23. The first-order valence-corrected chi connectivity index (χ1v) is 26.4. The Balaban J connectivity index is 1.12. The van der Waals surface area contributed by atoms with Gasteiger partial charge in [-0.15, -0.1) is 34.0 Å². The molecular formula is C61H59NO3S3. The minimum Gasteiger partial charge on any atom is -0.508 e. The molecule has 3 aromatic heterocycles. The van der Waals surface area contributed by atoms with Crippen LogP contribution in [-0.4, -0.2) is 17.3 Å². The Morgan fingerprint density at radius 3 is 0.735 bits per heavy atom. The molecule has 0 unspecified atom stereocenters. The van der Waals surface area contributed by atoms with Gasteiger partial charge in [0.05, 0.1) is 7.11 Å². The Hall–Kier alpha value is -6.38. The zero-order valence-corrected chi connectivity index (χ0v) is 42.5. The maximum absolute atomic E-state index is 10.1. The fourth-order valence-corrected chi connectivity index (χ4v) is 14.3. The van der Waals surface area contributed by atoms with Crippen molar-refractivity contribution in [1.82, 2.24) is 0 Å². The first-order chi connectivity index (χ1) is 33.2. The molecule has 3 heterocycles. The van der Waals surface area contributed by atoms with Gasteiger partial charge in [-0.1, -0.05) is 77.9 Å². The van der Waals surface area contributed by atoms with Crippen LogP contribution in [0.3, 0.4) is 0 Å². The molecule has 7 heteroatoms. The van der Waals surface area contributed by atoms with Crippen LogP contribution in [0.4, 0.5) is 17.1 Å². The van der Waals surface area contributed by atoms with Gasteiger partial charge in [0, 0.05) is 46.3 Å². The second-order valence-electron chi connectivity index (χ2n) is 17.1. The van der Waals surface area contributed by atoms with Crippen LogP contribution in [0.5, 0.6) is 17.2 Å². The molecule has 0 aliphatic heterocycles. The number of thiophene rings is 3. The molecule has 0 bridgehead atoms. The van der Waals surface area contributed by atoms with Crippen molar-refractivity contribution in [3.05, 3.63) is 179 Å². The van der Waals surface area contributed by atoms with Gasteiger partial charge in [-0.3, -0.25) is 0 Å². The lowest BCUT2D eigenvalue weighted by atomic mass is 9.97. The Morgan fingerprint density at radius 2 is 0.529 bits per heavy atom. The van der Waals surface area contributed by atoms with Gasteiger partial charge in [0.15, 0.2) is 0 Å². The van der Waals surface area contributed by atoms with Gasteiger partial charge < -0.3 is 19.8 Å². The number of hydrogen-bond donors (Lipinski definition) is 2. The van der Waals surface area contributed by atoms with E-state index in [-0.39, 0.29) is 11.5 Å². The third-order valence-electron chi connectivity index (χ3n) is 13.2. The fraction of sp³-hybridized carbons (Fsp3) is 0.213. The average molecular weight is 950 g/mol. The van der Waals surface area contributed by atoms with Crippen molar-refractivity contribution in [2.24, 2.45) is 0 Å². The number of methoxy groups -OCH3 is 1. The lowest BCUT2D eigenvalue weighted by molar-refractivity contribution is 0.415. The van der Waals surface area contributed by atoms with Gasteiger partial charge in [0.1, 0.15) is 17.2 Å². The van der Waals surface area contributed by atoms with E-state index in [1.807, 2.05) is 58.3 Å². The van der Waals surface area contributed by atoms with Gasteiger partial charge in [-0.05, 0) is 214 Å². The van der Waals surface area contributed by atoms with E-state index in [2.05, 4.69) is 144 Å². The molecule has 0 fully saturated rings. The summed E-state index contributed by atoms with van der Waals surface area (Å²) in [6.07, 6.45) is 5.74. The van der Waals surface area contributed by atoms with Gasteiger partial charge >= 0.3 is 0 Å². The third kappa shape index (κ3) is 8.91. The van der Waals surface area contributed by atoms with Crippen LogP contribution in [0.25, 0.3) is 62.6 Å². The fourth-order valence-electron chi connectivity index (χ4n) is 9.84. The first kappa shape index (κ1) is 46.7. The average Bonchev–Trinajstić information content (AvgIpc) is 4.09. The molecule has 0 saturated carbocycles. The van der Waals surface area contributed by atoms with Gasteiger partial charge in [-0.25, -0.2) is 0 Å². The van der Waals surface area contributed by atoms with Crippen molar-refractivity contribution in [3.63, 3.8) is 0 Å². The number of rotatable bonds is 16. The lowest BCUT2D eigenvalue weighted by Gasteiger charge is -2.26. The molecule has 6 aromatic carbocycles. The number of benzene rings is 6. The predicted octanol–water partition coefficient (Wildman–Crippen LogP) is 18.1. The Kier molecular flexibility index (Phi) is 14.1. The normalized spacial score (nSPS) is 11.3. The standard InChI is InChI=1S/C61H59NO3S3/c1-8-50-53(11-4)59(41-20-32-47(63)33-21-41)66-56(50)38-14-26-44(27-15-38)62(45-28-16-39(17-29-45)57-51(9-2)54(12-5)60(67-57)42-22-34-48(64)35-23-42)46-30-18-40(19-31-46)58-52(10-3)55(13-6)61(68-58)43-24-36-49(65-7)37-25-43/h14-37,63-64H,8-13H2,1-7H3. The van der Waals surface area contributed by atoms with Crippen LogP contribution in [0.2, 0.25) is 0 Å². The Bertz CT molecular complexity index is 2990. The summed E-state index contributed by atoms with van der Waals surface area (Å²) in [5.74, 6) is 1.44. The molecule has 2 N–H and O–H groups in total. The number of aromatic hydroxyl groups is 2. The topological polar surface area (TPSA) is 52.9 Å². The number of ether oxygens (including phenoxy) is 1. The lowest BCUT2D eigenvalue weighted by Crippen LogP contribution is -2.09. The summed E-state index contributed by atoms with van der Waals surface area (Å²) in [7, 11) is 1.72. The molecule has 0 atom stereocenters. The zero-order chi connectivity index (χ0) is 47.5. The maximum atomic E-state index is 10.1. The van der Waals surface area contributed by atoms with Crippen LogP contribution in [0, 0.1) is 0 Å². The molecule has 0 spiro atoms. The summed E-state index contributed by atoms with van der Waals surface area (Å²) in [4.78, 5) is 10.2. The summed E-state index contributed by atoms with van der Waals surface area (Å²) < 4.78 is 5.49.